The first-order chi connectivity index (χ1) is 9.00. The monoisotopic (exact) mass is 278 g/mol. The Balaban J connectivity index is 2.21. The first-order valence-electron chi connectivity index (χ1n) is 6.88. The van der Waals surface area contributed by atoms with Crippen molar-refractivity contribution in [3.8, 4) is 6.01 Å². The van der Waals surface area contributed by atoms with E-state index in [0.717, 1.165) is 0 Å². The van der Waals surface area contributed by atoms with E-state index < -0.39 is 7.12 Å². The minimum atomic E-state index is -0.495. The van der Waals surface area contributed by atoms with Crippen molar-refractivity contribution in [3.05, 3.63) is 12.3 Å². The SMILES string of the molecule is CC(C)(C)Oc1nccc(B2OC(C)(C)C(C)(C)O2)n1. The van der Waals surface area contributed by atoms with Crippen molar-refractivity contribution < 1.29 is 14.0 Å². The molecule has 1 saturated heterocycles. The highest BCUT2D eigenvalue weighted by Gasteiger charge is 2.52. The van der Waals surface area contributed by atoms with Crippen LogP contribution in [-0.4, -0.2) is 33.9 Å². The van der Waals surface area contributed by atoms with Gasteiger partial charge in [0.25, 0.3) is 0 Å². The van der Waals surface area contributed by atoms with E-state index in [0.29, 0.717) is 11.6 Å². The standard InChI is InChI=1S/C14H23BN2O3/c1-12(2,3)18-11-16-9-8-10(17-11)15-19-13(4,5)14(6,7)20-15/h8-9H,1-7H3. The molecule has 0 bridgehead atoms. The molecule has 2 heterocycles. The van der Waals surface area contributed by atoms with E-state index >= 15 is 0 Å². The van der Waals surface area contributed by atoms with Gasteiger partial charge in [0.2, 0.25) is 0 Å². The van der Waals surface area contributed by atoms with Gasteiger partial charge in [-0.3, -0.25) is 0 Å². The van der Waals surface area contributed by atoms with Crippen molar-refractivity contribution in [2.24, 2.45) is 0 Å². The van der Waals surface area contributed by atoms with Crippen LogP contribution in [0.1, 0.15) is 48.5 Å². The zero-order valence-corrected chi connectivity index (χ0v) is 13.4. The number of hydrogen-bond acceptors (Lipinski definition) is 5. The highest BCUT2D eigenvalue weighted by molar-refractivity contribution is 6.61. The summed E-state index contributed by atoms with van der Waals surface area (Å²) >= 11 is 0. The topological polar surface area (TPSA) is 53.5 Å². The van der Waals surface area contributed by atoms with Gasteiger partial charge in [-0.1, -0.05) is 0 Å². The molecule has 0 atom stereocenters. The maximum absolute atomic E-state index is 5.97. The van der Waals surface area contributed by atoms with E-state index in [1.54, 1.807) is 12.3 Å². The van der Waals surface area contributed by atoms with E-state index in [4.69, 9.17) is 14.0 Å². The van der Waals surface area contributed by atoms with E-state index in [1.165, 1.54) is 0 Å². The fourth-order valence-electron chi connectivity index (χ4n) is 1.77. The van der Waals surface area contributed by atoms with Gasteiger partial charge >= 0.3 is 13.1 Å². The van der Waals surface area contributed by atoms with E-state index in [1.807, 2.05) is 48.5 Å². The van der Waals surface area contributed by atoms with Crippen LogP contribution in [0.2, 0.25) is 0 Å². The zero-order valence-electron chi connectivity index (χ0n) is 13.4. The summed E-state index contributed by atoms with van der Waals surface area (Å²) in [6.45, 7) is 13.9. The summed E-state index contributed by atoms with van der Waals surface area (Å²) in [5.41, 5.74) is -0.423. The molecule has 1 aliphatic heterocycles. The molecule has 110 valence electrons. The van der Waals surface area contributed by atoms with Gasteiger partial charge in [0.05, 0.1) is 16.8 Å². The maximum atomic E-state index is 5.97. The molecular weight excluding hydrogens is 255 g/mol. The molecule has 0 aromatic carbocycles. The minimum absolute atomic E-state index is 0.338. The third-order valence-corrected chi connectivity index (χ3v) is 3.55. The Morgan fingerprint density at radius 2 is 1.65 bits per heavy atom. The second kappa shape index (κ2) is 4.70. The summed E-state index contributed by atoms with van der Waals surface area (Å²) in [5.74, 6) is 0. The van der Waals surface area contributed by atoms with Crippen LogP contribution < -0.4 is 10.3 Å². The Morgan fingerprint density at radius 1 is 1.10 bits per heavy atom. The third-order valence-electron chi connectivity index (χ3n) is 3.55. The lowest BCUT2D eigenvalue weighted by Crippen LogP contribution is -2.41. The van der Waals surface area contributed by atoms with Crippen molar-refractivity contribution in [2.45, 2.75) is 65.3 Å². The van der Waals surface area contributed by atoms with Crippen molar-refractivity contribution in [1.29, 1.82) is 0 Å². The maximum Gasteiger partial charge on any atom is 0.514 e. The van der Waals surface area contributed by atoms with E-state index in [2.05, 4.69) is 9.97 Å². The smallest absolute Gasteiger partial charge is 0.458 e. The predicted octanol–water partition coefficient (Wildman–Crippen LogP) is 1.95. The molecule has 1 aliphatic rings. The van der Waals surface area contributed by atoms with E-state index in [-0.39, 0.29) is 16.8 Å². The normalized spacial score (nSPS) is 21.1. The molecule has 0 spiro atoms. The van der Waals surface area contributed by atoms with Gasteiger partial charge in [-0.15, -0.1) is 0 Å². The van der Waals surface area contributed by atoms with Crippen LogP contribution in [0.3, 0.4) is 0 Å². The van der Waals surface area contributed by atoms with Crippen molar-refractivity contribution in [2.75, 3.05) is 0 Å². The van der Waals surface area contributed by atoms with Gasteiger partial charge in [-0.05, 0) is 54.5 Å². The summed E-state index contributed by atoms with van der Waals surface area (Å²) in [6, 6.07) is 2.13. The molecule has 0 N–H and O–H groups in total. The number of ether oxygens (including phenoxy) is 1. The molecule has 0 aliphatic carbocycles. The molecule has 5 nitrogen and oxygen atoms in total. The Bertz CT molecular complexity index is 481. The fourth-order valence-corrected chi connectivity index (χ4v) is 1.77. The van der Waals surface area contributed by atoms with Crippen LogP contribution in [0.5, 0.6) is 6.01 Å². The summed E-state index contributed by atoms with van der Waals surface area (Å²) in [7, 11) is -0.495. The largest absolute Gasteiger partial charge is 0.514 e. The Kier molecular flexibility index (Phi) is 3.59. The highest BCUT2D eigenvalue weighted by Crippen LogP contribution is 2.36. The van der Waals surface area contributed by atoms with Crippen LogP contribution >= 0.6 is 0 Å². The molecule has 0 unspecified atom stereocenters. The molecule has 0 radical (unpaired) electrons. The van der Waals surface area contributed by atoms with Gasteiger partial charge in [-0.2, -0.15) is 0 Å². The summed E-state index contributed by atoms with van der Waals surface area (Å²) in [4.78, 5) is 8.51. The summed E-state index contributed by atoms with van der Waals surface area (Å²) in [5, 5.41) is 0. The molecule has 1 aromatic heterocycles. The van der Waals surface area contributed by atoms with Crippen LogP contribution in [-0.2, 0) is 9.31 Å². The molecule has 20 heavy (non-hydrogen) atoms. The predicted molar refractivity (Wildman–Crippen MR) is 78.1 cm³/mol. The summed E-state index contributed by atoms with van der Waals surface area (Å²) < 4.78 is 17.6. The van der Waals surface area contributed by atoms with Crippen molar-refractivity contribution in [3.63, 3.8) is 0 Å². The number of rotatable bonds is 2. The lowest BCUT2D eigenvalue weighted by molar-refractivity contribution is 0.00578. The molecule has 0 amide bonds. The molecule has 1 aromatic rings. The number of hydrogen-bond donors (Lipinski definition) is 0. The van der Waals surface area contributed by atoms with Crippen LogP contribution in [0.15, 0.2) is 12.3 Å². The minimum Gasteiger partial charge on any atom is -0.458 e. The van der Waals surface area contributed by atoms with Gasteiger partial charge in [0, 0.05) is 6.20 Å². The molecule has 0 saturated carbocycles. The Hall–Kier alpha value is -1.14. The number of aromatic nitrogens is 2. The van der Waals surface area contributed by atoms with Gasteiger partial charge in [0.1, 0.15) is 5.60 Å². The second-order valence-corrected chi connectivity index (χ2v) is 7.07. The zero-order chi connectivity index (χ0) is 15.2. The van der Waals surface area contributed by atoms with Crippen LogP contribution in [0.25, 0.3) is 0 Å². The fraction of sp³-hybridized carbons (Fsp3) is 0.714. The van der Waals surface area contributed by atoms with Crippen molar-refractivity contribution >= 4 is 12.7 Å². The average Bonchev–Trinajstić information content (AvgIpc) is 2.46. The third kappa shape index (κ3) is 3.12. The molecular formula is C14H23BN2O3. The molecule has 2 rings (SSSR count). The highest BCUT2D eigenvalue weighted by atomic mass is 16.7. The average molecular weight is 278 g/mol. The number of nitrogens with zero attached hydrogens (tertiary/aromatic N) is 2. The van der Waals surface area contributed by atoms with E-state index in [9.17, 15) is 0 Å². The second-order valence-electron chi connectivity index (χ2n) is 7.07. The lowest BCUT2D eigenvalue weighted by atomic mass is 9.85. The van der Waals surface area contributed by atoms with Crippen LogP contribution in [0, 0.1) is 0 Å². The Labute approximate surface area is 121 Å². The Morgan fingerprint density at radius 3 is 2.15 bits per heavy atom. The molecule has 6 heteroatoms. The quantitative estimate of drug-likeness (QED) is 0.774. The lowest BCUT2D eigenvalue weighted by Gasteiger charge is -2.32. The molecule has 1 fully saturated rings. The van der Waals surface area contributed by atoms with Gasteiger partial charge in [-0.25, -0.2) is 9.97 Å². The first-order valence-corrected chi connectivity index (χ1v) is 6.88. The first kappa shape index (κ1) is 15.3. The van der Waals surface area contributed by atoms with Crippen molar-refractivity contribution in [1.82, 2.24) is 9.97 Å². The summed E-state index contributed by atoms with van der Waals surface area (Å²) in [6.07, 6.45) is 1.66. The van der Waals surface area contributed by atoms with Gasteiger partial charge in [0.15, 0.2) is 0 Å². The van der Waals surface area contributed by atoms with Gasteiger partial charge < -0.3 is 14.0 Å². The van der Waals surface area contributed by atoms with Crippen LogP contribution in [0.4, 0.5) is 0 Å².